The van der Waals surface area contributed by atoms with Crippen molar-refractivity contribution < 1.29 is 19.4 Å². The van der Waals surface area contributed by atoms with Crippen LogP contribution in [0.1, 0.15) is 19.3 Å². The zero-order valence-corrected chi connectivity index (χ0v) is 9.72. The lowest BCUT2D eigenvalue weighted by Crippen LogP contribution is -2.48. The van der Waals surface area contributed by atoms with Crippen molar-refractivity contribution in [1.29, 1.82) is 0 Å². The molecular formula is C11H18N2O4. The second-order valence-electron chi connectivity index (χ2n) is 4.59. The molecule has 0 unspecified atom stereocenters. The summed E-state index contributed by atoms with van der Waals surface area (Å²) in [6.07, 6.45) is 1.96. The van der Waals surface area contributed by atoms with Crippen molar-refractivity contribution in [2.45, 2.75) is 25.3 Å². The van der Waals surface area contributed by atoms with Crippen molar-refractivity contribution in [2.75, 3.05) is 26.3 Å². The van der Waals surface area contributed by atoms with Gasteiger partial charge in [-0.25, -0.2) is 4.79 Å². The first-order chi connectivity index (χ1) is 8.16. The molecule has 96 valence electrons. The van der Waals surface area contributed by atoms with Crippen LogP contribution in [0.15, 0.2) is 0 Å². The number of carboxylic acid groups (broad SMARTS) is 1. The van der Waals surface area contributed by atoms with Crippen LogP contribution in [-0.4, -0.2) is 54.4 Å². The van der Waals surface area contributed by atoms with E-state index in [9.17, 15) is 9.59 Å². The third-order valence-electron chi connectivity index (χ3n) is 3.41. The van der Waals surface area contributed by atoms with Crippen molar-refractivity contribution >= 4 is 12.0 Å². The summed E-state index contributed by atoms with van der Waals surface area (Å²) in [6, 6.07) is -0.0872. The van der Waals surface area contributed by atoms with E-state index in [1.54, 1.807) is 4.90 Å². The van der Waals surface area contributed by atoms with Gasteiger partial charge in [0, 0.05) is 19.1 Å². The highest BCUT2D eigenvalue weighted by Gasteiger charge is 2.31. The minimum absolute atomic E-state index is 0.00597. The molecule has 0 spiro atoms. The zero-order valence-electron chi connectivity index (χ0n) is 9.72. The van der Waals surface area contributed by atoms with Gasteiger partial charge in [0.1, 0.15) is 0 Å². The van der Waals surface area contributed by atoms with Crippen LogP contribution in [0.4, 0.5) is 4.79 Å². The molecule has 2 amide bonds. The van der Waals surface area contributed by atoms with E-state index >= 15 is 0 Å². The predicted octanol–water partition coefficient (Wildman–Crippen LogP) is 0.281. The Bertz CT molecular complexity index is 302. The van der Waals surface area contributed by atoms with Gasteiger partial charge in [0.05, 0.1) is 19.1 Å². The number of aliphatic carboxylic acids is 1. The molecule has 2 N–H and O–H groups in total. The molecule has 1 saturated heterocycles. The van der Waals surface area contributed by atoms with Gasteiger partial charge in [0.15, 0.2) is 0 Å². The van der Waals surface area contributed by atoms with Gasteiger partial charge in [-0.15, -0.1) is 0 Å². The van der Waals surface area contributed by atoms with Crippen LogP contribution in [0, 0.1) is 5.92 Å². The first-order valence-corrected chi connectivity index (χ1v) is 6.03. The van der Waals surface area contributed by atoms with Crippen molar-refractivity contribution in [3.8, 4) is 0 Å². The Morgan fingerprint density at radius 2 is 1.94 bits per heavy atom. The quantitative estimate of drug-likeness (QED) is 0.729. The highest BCUT2D eigenvalue weighted by atomic mass is 16.5. The second-order valence-corrected chi connectivity index (χ2v) is 4.59. The minimum Gasteiger partial charge on any atom is -0.481 e. The largest absolute Gasteiger partial charge is 0.481 e. The standard InChI is InChI=1S/C11H18N2O4/c14-10(15)8-1-2-9(7-8)12-11(16)13-3-5-17-6-4-13/h8-9H,1-7H2,(H,12,16)(H,14,15)/t8-,9+/m1/s1. The van der Waals surface area contributed by atoms with E-state index in [1.165, 1.54) is 0 Å². The Kier molecular flexibility index (Phi) is 3.83. The molecule has 1 saturated carbocycles. The molecule has 2 aliphatic rings. The summed E-state index contributed by atoms with van der Waals surface area (Å²) in [5, 5.41) is 11.8. The summed E-state index contributed by atoms with van der Waals surface area (Å²) >= 11 is 0. The van der Waals surface area contributed by atoms with E-state index in [-0.39, 0.29) is 18.0 Å². The highest BCUT2D eigenvalue weighted by molar-refractivity contribution is 5.75. The Labute approximate surface area is 99.9 Å². The Balaban J connectivity index is 1.77. The molecule has 0 bridgehead atoms. The second kappa shape index (κ2) is 5.35. The fourth-order valence-electron chi connectivity index (χ4n) is 2.37. The normalized spacial score (nSPS) is 29.1. The molecule has 0 aromatic heterocycles. The molecule has 17 heavy (non-hydrogen) atoms. The van der Waals surface area contributed by atoms with Crippen LogP contribution in [0.5, 0.6) is 0 Å². The third-order valence-corrected chi connectivity index (χ3v) is 3.41. The number of rotatable bonds is 2. The van der Waals surface area contributed by atoms with E-state index in [1.807, 2.05) is 0 Å². The van der Waals surface area contributed by atoms with Gasteiger partial charge in [-0.1, -0.05) is 0 Å². The van der Waals surface area contributed by atoms with Gasteiger partial charge in [0.25, 0.3) is 0 Å². The summed E-state index contributed by atoms with van der Waals surface area (Å²) in [5.74, 6) is -1.06. The van der Waals surface area contributed by atoms with Crippen LogP contribution < -0.4 is 5.32 Å². The van der Waals surface area contributed by atoms with Crippen molar-refractivity contribution in [3.05, 3.63) is 0 Å². The van der Waals surface area contributed by atoms with E-state index in [0.29, 0.717) is 39.1 Å². The highest BCUT2D eigenvalue weighted by Crippen LogP contribution is 2.25. The number of nitrogens with one attached hydrogen (secondary N) is 1. The summed E-state index contributed by atoms with van der Waals surface area (Å²) < 4.78 is 5.17. The summed E-state index contributed by atoms with van der Waals surface area (Å²) in [7, 11) is 0. The van der Waals surface area contributed by atoms with Crippen LogP contribution in [0.25, 0.3) is 0 Å². The number of ether oxygens (including phenoxy) is 1. The number of carbonyl (C=O) groups is 2. The Hall–Kier alpha value is -1.30. The SMILES string of the molecule is O=C(O)[C@@H]1CC[C@H](NC(=O)N2CCOCC2)C1. The molecule has 2 fully saturated rings. The van der Waals surface area contributed by atoms with E-state index in [4.69, 9.17) is 9.84 Å². The fraction of sp³-hybridized carbons (Fsp3) is 0.818. The summed E-state index contributed by atoms with van der Waals surface area (Å²) in [4.78, 5) is 24.4. The first-order valence-electron chi connectivity index (χ1n) is 6.03. The van der Waals surface area contributed by atoms with Crippen molar-refractivity contribution in [2.24, 2.45) is 5.92 Å². The molecule has 2 atom stereocenters. The summed E-state index contributed by atoms with van der Waals surface area (Å²) in [6.45, 7) is 2.38. The van der Waals surface area contributed by atoms with Gasteiger partial charge in [0.2, 0.25) is 0 Å². The van der Waals surface area contributed by atoms with E-state index in [0.717, 1.165) is 6.42 Å². The number of morpholine rings is 1. The lowest BCUT2D eigenvalue weighted by atomic mass is 10.1. The predicted molar refractivity (Wildman–Crippen MR) is 59.7 cm³/mol. The van der Waals surface area contributed by atoms with Crippen molar-refractivity contribution in [1.82, 2.24) is 10.2 Å². The molecule has 6 nitrogen and oxygen atoms in total. The van der Waals surface area contributed by atoms with Gasteiger partial charge in [-0.3, -0.25) is 4.79 Å². The van der Waals surface area contributed by atoms with E-state index in [2.05, 4.69) is 5.32 Å². The number of hydrogen-bond acceptors (Lipinski definition) is 3. The monoisotopic (exact) mass is 242 g/mol. The Morgan fingerprint density at radius 1 is 1.24 bits per heavy atom. The van der Waals surface area contributed by atoms with Crippen LogP contribution in [-0.2, 0) is 9.53 Å². The average Bonchev–Trinajstić information content (AvgIpc) is 2.79. The smallest absolute Gasteiger partial charge is 0.317 e. The third kappa shape index (κ3) is 3.09. The molecular weight excluding hydrogens is 224 g/mol. The van der Waals surface area contributed by atoms with Gasteiger partial charge in [-0.2, -0.15) is 0 Å². The molecule has 1 aliphatic carbocycles. The van der Waals surface area contributed by atoms with Gasteiger partial charge in [-0.05, 0) is 19.3 Å². The first kappa shape index (κ1) is 12.2. The molecule has 6 heteroatoms. The van der Waals surface area contributed by atoms with Gasteiger partial charge >= 0.3 is 12.0 Å². The average molecular weight is 242 g/mol. The molecule has 0 aromatic rings. The van der Waals surface area contributed by atoms with Gasteiger partial charge < -0.3 is 20.1 Å². The zero-order chi connectivity index (χ0) is 12.3. The molecule has 1 aliphatic heterocycles. The minimum atomic E-state index is -0.756. The maximum absolute atomic E-state index is 11.8. The van der Waals surface area contributed by atoms with Crippen LogP contribution in [0.2, 0.25) is 0 Å². The van der Waals surface area contributed by atoms with Crippen molar-refractivity contribution in [3.63, 3.8) is 0 Å². The van der Waals surface area contributed by atoms with Crippen LogP contribution in [0.3, 0.4) is 0 Å². The molecule has 1 heterocycles. The molecule has 0 aromatic carbocycles. The number of urea groups is 1. The number of nitrogens with zero attached hydrogens (tertiary/aromatic N) is 1. The lowest BCUT2D eigenvalue weighted by Gasteiger charge is -2.28. The van der Waals surface area contributed by atoms with Crippen LogP contribution >= 0.6 is 0 Å². The van der Waals surface area contributed by atoms with E-state index < -0.39 is 5.97 Å². The molecule has 2 rings (SSSR count). The topological polar surface area (TPSA) is 78.9 Å². The number of carboxylic acids is 1. The molecule has 0 radical (unpaired) electrons. The maximum atomic E-state index is 11.8. The summed E-state index contributed by atoms with van der Waals surface area (Å²) in [5.41, 5.74) is 0. The number of amides is 2. The Morgan fingerprint density at radius 3 is 2.53 bits per heavy atom. The number of hydrogen-bond donors (Lipinski definition) is 2. The number of carbonyl (C=O) groups excluding carboxylic acids is 1. The lowest BCUT2D eigenvalue weighted by molar-refractivity contribution is -0.141. The maximum Gasteiger partial charge on any atom is 0.317 e. The fourth-order valence-corrected chi connectivity index (χ4v) is 2.37.